The van der Waals surface area contributed by atoms with Crippen molar-refractivity contribution in [1.29, 1.82) is 5.26 Å². The summed E-state index contributed by atoms with van der Waals surface area (Å²) in [6.07, 6.45) is 1.76. The Bertz CT molecular complexity index is 1060. The monoisotopic (exact) mass is 416 g/mol. The molecule has 0 spiro atoms. The average molecular weight is 416 g/mol. The van der Waals surface area contributed by atoms with Crippen molar-refractivity contribution >= 4 is 11.6 Å². The third-order valence-electron chi connectivity index (χ3n) is 4.89. The van der Waals surface area contributed by atoms with Crippen LogP contribution in [0.5, 0.6) is 5.75 Å². The molecule has 0 amide bonds. The summed E-state index contributed by atoms with van der Waals surface area (Å²) >= 11 is 0. The van der Waals surface area contributed by atoms with E-state index in [1.165, 1.54) is 0 Å². The molecular weight excluding hydrogens is 392 g/mol. The van der Waals surface area contributed by atoms with E-state index in [-0.39, 0.29) is 6.10 Å². The van der Waals surface area contributed by atoms with Gasteiger partial charge in [0.05, 0.1) is 24.0 Å². The van der Waals surface area contributed by atoms with Gasteiger partial charge in [-0.05, 0) is 42.0 Å². The van der Waals surface area contributed by atoms with Crippen LogP contribution in [-0.2, 0) is 4.74 Å². The molecule has 0 radical (unpaired) electrons. The van der Waals surface area contributed by atoms with Crippen molar-refractivity contribution in [3.8, 4) is 23.1 Å². The van der Waals surface area contributed by atoms with Crippen LogP contribution in [0.25, 0.3) is 11.3 Å². The zero-order valence-electron chi connectivity index (χ0n) is 17.0. The van der Waals surface area contributed by atoms with E-state index < -0.39 is 0 Å². The van der Waals surface area contributed by atoms with Gasteiger partial charge in [-0.2, -0.15) is 5.26 Å². The van der Waals surface area contributed by atoms with E-state index >= 15 is 0 Å². The van der Waals surface area contributed by atoms with Crippen LogP contribution in [0, 0.1) is 11.3 Å². The Labute approximate surface area is 181 Å². The maximum Gasteiger partial charge on any atom is 0.227 e. The van der Waals surface area contributed by atoms with E-state index in [1.54, 1.807) is 24.4 Å². The largest absolute Gasteiger partial charge is 0.491 e. The first kappa shape index (κ1) is 20.8. The first-order valence-corrected chi connectivity index (χ1v) is 10.2. The Morgan fingerprint density at radius 3 is 2.84 bits per heavy atom. The summed E-state index contributed by atoms with van der Waals surface area (Å²) in [5.74, 6) is 0.990. The average Bonchev–Trinajstić information content (AvgIpc) is 2.84. The topological polar surface area (TPSA) is 118 Å². The molecule has 1 aliphatic rings. The maximum atomic E-state index is 9.44. The zero-order chi connectivity index (χ0) is 21.5. The lowest BCUT2D eigenvalue weighted by atomic mass is 10.1. The fourth-order valence-corrected chi connectivity index (χ4v) is 3.34. The van der Waals surface area contributed by atoms with Crippen molar-refractivity contribution in [1.82, 2.24) is 15.3 Å². The van der Waals surface area contributed by atoms with Gasteiger partial charge >= 0.3 is 0 Å². The molecule has 2 aromatic carbocycles. The summed E-state index contributed by atoms with van der Waals surface area (Å²) in [6.45, 7) is 3.18. The second-order valence-electron chi connectivity index (χ2n) is 7.04. The molecule has 4 N–H and O–H groups in total. The van der Waals surface area contributed by atoms with E-state index in [0.717, 1.165) is 36.5 Å². The van der Waals surface area contributed by atoms with E-state index in [0.29, 0.717) is 36.1 Å². The lowest BCUT2D eigenvalue weighted by Crippen LogP contribution is -2.33. The van der Waals surface area contributed by atoms with E-state index in [4.69, 9.17) is 15.2 Å². The van der Waals surface area contributed by atoms with Crippen molar-refractivity contribution in [2.75, 3.05) is 38.2 Å². The molecule has 1 unspecified atom stereocenters. The van der Waals surface area contributed by atoms with Gasteiger partial charge in [0.15, 0.2) is 0 Å². The number of rotatable bonds is 7. The fraction of sp³-hybridized carbons (Fsp3) is 0.261. The number of ether oxygens (including phenoxy) is 2. The molecule has 1 fully saturated rings. The molecule has 8 nitrogen and oxygen atoms in total. The second-order valence-corrected chi connectivity index (χ2v) is 7.04. The highest BCUT2D eigenvalue weighted by Crippen LogP contribution is 2.26. The predicted molar refractivity (Wildman–Crippen MR) is 118 cm³/mol. The van der Waals surface area contributed by atoms with Crippen LogP contribution in [0.2, 0.25) is 0 Å². The molecule has 1 atom stereocenters. The smallest absolute Gasteiger partial charge is 0.227 e. The van der Waals surface area contributed by atoms with Gasteiger partial charge in [0, 0.05) is 37.1 Å². The fourth-order valence-electron chi connectivity index (χ4n) is 3.34. The lowest BCUT2D eigenvalue weighted by Gasteiger charge is -2.24. The molecule has 158 valence electrons. The van der Waals surface area contributed by atoms with Crippen molar-refractivity contribution in [2.24, 2.45) is 5.73 Å². The van der Waals surface area contributed by atoms with Gasteiger partial charge in [0.2, 0.25) is 5.95 Å². The third-order valence-corrected chi connectivity index (χ3v) is 4.89. The molecule has 0 saturated carbocycles. The summed E-state index contributed by atoms with van der Waals surface area (Å²) in [4.78, 5) is 8.90. The number of nitrogens with two attached hydrogens (primary N) is 1. The van der Waals surface area contributed by atoms with E-state index in [1.807, 2.05) is 30.3 Å². The molecule has 4 rings (SSSR count). The van der Waals surface area contributed by atoms with Crippen LogP contribution < -0.4 is 21.1 Å². The number of aromatic nitrogens is 2. The number of hydrogen-bond acceptors (Lipinski definition) is 8. The molecule has 3 aromatic rings. The number of benzene rings is 2. The van der Waals surface area contributed by atoms with Gasteiger partial charge in [-0.25, -0.2) is 9.97 Å². The van der Waals surface area contributed by atoms with Gasteiger partial charge in [0.1, 0.15) is 18.4 Å². The van der Waals surface area contributed by atoms with Crippen LogP contribution in [0.3, 0.4) is 0 Å². The van der Waals surface area contributed by atoms with Gasteiger partial charge in [-0.1, -0.05) is 12.1 Å². The third kappa shape index (κ3) is 5.16. The highest BCUT2D eigenvalue weighted by Gasteiger charge is 2.15. The Morgan fingerprint density at radius 1 is 1.23 bits per heavy atom. The number of morpholine rings is 1. The van der Waals surface area contributed by atoms with Crippen molar-refractivity contribution < 1.29 is 9.47 Å². The number of nitrogens with one attached hydrogen (secondary N) is 2. The maximum absolute atomic E-state index is 9.44. The van der Waals surface area contributed by atoms with E-state index in [9.17, 15) is 5.26 Å². The minimum Gasteiger partial charge on any atom is -0.491 e. The highest BCUT2D eigenvalue weighted by molar-refractivity contribution is 5.65. The number of nitrogens with zero attached hydrogens (tertiary/aromatic N) is 3. The first-order chi connectivity index (χ1) is 15.3. The summed E-state index contributed by atoms with van der Waals surface area (Å²) in [5, 5.41) is 16.0. The molecule has 0 aliphatic carbocycles. The van der Waals surface area contributed by atoms with Crippen LogP contribution in [0.1, 0.15) is 17.2 Å². The van der Waals surface area contributed by atoms with Crippen molar-refractivity contribution in [3.05, 3.63) is 65.9 Å². The minimum atomic E-state index is 0.0773. The van der Waals surface area contributed by atoms with Crippen LogP contribution in [0.15, 0.2) is 54.7 Å². The van der Waals surface area contributed by atoms with Crippen LogP contribution >= 0.6 is 0 Å². The van der Waals surface area contributed by atoms with Gasteiger partial charge < -0.3 is 25.8 Å². The van der Waals surface area contributed by atoms with Gasteiger partial charge in [-0.3, -0.25) is 0 Å². The molecule has 1 aliphatic heterocycles. The van der Waals surface area contributed by atoms with Crippen LogP contribution in [0.4, 0.5) is 11.6 Å². The summed E-state index contributed by atoms with van der Waals surface area (Å²) < 4.78 is 11.3. The van der Waals surface area contributed by atoms with Gasteiger partial charge in [-0.15, -0.1) is 0 Å². The Hall–Kier alpha value is -3.51. The zero-order valence-corrected chi connectivity index (χ0v) is 17.0. The first-order valence-electron chi connectivity index (χ1n) is 10.2. The minimum absolute atomic E-state index is 0.0773. The number of anilines is 2. The number of hydrogen-bond donors (Lipinski definition) is 3. The second kappa shape index (κ2) is 10.00. The van der Waals surface area contributed by atoms with Gasteiger partial charge in [0.25, 0.3) is 0 Å². The molecule has 8 heteroatoms. The number of nitriles is 1. The summed E-state index contributed by atoms with van der Waals surface area (Å²) in [6, 6.07) is 17.4. The summed E-state index contributed by atoms with van der Waals surface area (Å²) in [7, 11) is 0. The summed E-state index contributed by atoms with van der Waals surface area (Å²) in [5.41, 5.74) is 9.44. The Kier molecular flexibility index (Phi) is 6.69. The molecule has 1 saturated heterocycles. The molecule has 31 heavy (non-hydrogen) atoms. The lowest BCUT2D eigenvalue weighted by molar-refractivity contribution is 0.0277. The SMILES string of the molecule is N#Cc1cc(-c2ccnc(Nc3ccc(C4CNCCO4)cc3)n2)ccc1OCCN. The Morgan fingerprint density at radius 2 is 2.10 bits per heavy atom. The molecule has 1 aromatic heterocycles. The molecule has 2 heterocycles. The molecular formula is C23H24N6O2. The normalized spacial score (nSPS) is 15.8. The van der Waals surface area contributed by atoms with E-state index in [2.05, 4.69) is 26.7 Å². The Balaban J connectivity index is 1.49. The highest BCUT2D eigenvalue weighted by atomic mass is 16.5. The predicted octanol–water partition coefficient (Wildman–Crippen LogP) is 2.76. The van der Waals surface area contributed by atoms with Crippen molar-refractivity contribution in [3.63, 3.8) is 0 Å². The molecule has 0 bridgehead atoms. The standard InChI is InChI=1S/C23H24N6O2/c24-8-11-30-21-6-3-17(13-18(21)14-25)20-7-9-27-23(29-20)28-19-4-1-16(2-5-19)22-15-26-10-12-31-22/h1-7,9,13,22,26H,8,10-12,15,24H2,(H,27,28,29). The quantitative estimate of drug-likeness (QED) is 0.538. The van der Waals surface area contributed by atoms with Crippen molar-refractivity contribution in [2.45, 2.75) is 6.10 Å². The van der Waals surface area contributed by atoms with Crippen LogP contribution in [-0.4, -0.2) is 42.8 Å².